The molecule has 0 saturated carbocycles. The third-order valence-electron chi connectivity index (χ3n) is 2.15. The highest BCUT2D eigenvalue weighted by atomic mass is 32.1. The molecule has 1 unspecified atom stereocenters. The molecule has 1 atom stereocenters. The fraction of sp³-hybridized carbons (Fsp3) is 0.400. The summed E-state index contributed by atoms with van der Waals surface area (Å²) >= 11 is 1.39. The minimum absolute atomic E-state index is 0.323. The molecule has 0 bridgehead atoms. The Morgan fingerprint density at radius 2 is 2.12 bits per heavy atom. The Kier molecular flexibility index (Phi) is 3.66. The zero-order chi connectivity index (χ0) is 12.3. The van der Waals surface area contributed by atoms with Gasteiger partial charge in [0.2, 0.25) is 0 Å². The van der Waals surface area contributed by atoms with Gasteiger partial charge in [0.1, 0.15) is 0 Å². The number of carbonyl (C=O) groups excluding carboxylic acids is 1. The molecule has 0 radical (unpaired) electrons. The summed E-state index contributed by atoms with van der Waals surface area (Å²) in [4.78, 5) is 22.2. The summed E-state index contributed by atoms with van der Waals surface area (Å²) in [5.41, 5.74) is -0.608. The molecule has 6 heteroatoms. The lowest BCUT2D eigenvalue weighted by Crippen LogP contribution is -2.46. The quantitative estimate of drug-likeness (QED) is 0.723. The fourth-order valence-electron chi connectivity index (χ4n) is 1.02. The van der Waals surface area contributed by atoms with Gasteiger partial charge in [0.05, 0.1) is 12.1 Å². The number of carbonyl (C=O) groups is 2. The largest absolute Gasteiger partial charge is 0.479 e. The lowest BCUT2D eigenvalue weighted by atomic mass is 10.1. The number of thiophene rings is 1. The van der Waals surface area contributed by atoms with Crippen LogP contribution in [0.1, 0.15) is 22.8 Å². The molecule has 16 heavy (non-hydrogen) atoms. The van der Waals surface area contributed by atoms with Crippen molar-refractivity contribution < 1.29 is 19.8 Å². The van der Waals surface area contributed by atoms with Crippen molar-refractivity contribution in [1.82, 2.24) is 5.32 Å². The number of rotatable bonds is 4. The minimum Gasteiger partial charge on any atom is -0.479 e. The van der Waals surface area contributed by atoms with Crippen molar-refractivity contribution in [3.05, 3.63) is 21.9 Å². The van der Waals surface area contributed by atoms with Gasteiger partial charge in [-0.25, -0.2) is 4.79 Å². The third kappa shape index (κ3) is 2.80. The SMILES string of the molecule is Cc1cscc1C(=O)NCC(C)(O)C(=O)O. The first-order valence-electron chi connectivity index (χ1n) is 4.61. The number of hydrogen-bond donors (Lipinski definition) is 3. The molecule has 1 rings (SSSR count). The number of carboxylic acids is 1. The Morgan fingerprint density at radius 1 is 1.50 bits per heavy atom. The van der Waals surface area contributed by atoms with Crippen molar-refractivity contribution in [3.63, 3.8) is 0 Å². The second-order valence-electron chi connectivity index (χ2n) is 3.73. The van der Waals surface area contributed by atoms with Crippen LogP contribution in [0.4, 0.5) is 0 Å². The lowest BCUT2D eigenvalue weighted by molar-refractivity contribution is -0.155. The maximum absolute atomic E-state index is 11.6. The average molecular weight is 243 g/mol. The Morgan fingerprint density at radius 3 is 2.56 bits per heavy atom. The first-order chi connectivity index (χ1) is 7.34. The molecule has 0 aromatic carbocycles. The van der Waals surface area contributed by atoms with Crippen LogP contribution in [0.3, 0.4) is 0 Å². The Bertz CT molecular complexity index is 411. The highest BCUT2D eigenvalue weighted by Crippen LogP contribution is 2.13. The lowest BCUT2D eigenvalue weighted by Gasteiger charge is -2.18. The average Bonchev–Trinajstić information content (AvgIpc) is 2.61. The van der Waals surface area contributed by atoms with Crippen LogP contribution < -0.4 is 5.32 Å². The number of aliphatic carboxylic acids is 1. The smallest absolute Gasteiger partial charge is 0.337 e. The fourth-order valence-corrected chi connectivity index (χ4v) is 1.84. The normalized spacial score (nSPS) is 14.2. The van der Waals surface area contributed by atoms with Gasteiger partial charge in [-0.15, -0.1) is 0 Å². The molecule has 1 aromatic heterocycles. The van der Waals surface area contributed by atoms with Gasteiger partial charge in [0.15, 0.2) is 5.60 Å². The summed E-state index contributed by atoms with van der Waals surface area (Å²) in [5, 5.41) is 23.9. The second kappa shape index (κ2) is 4.63. The van der Waals surface area contributed by atoms with Gasteiger partial charge in [-0.2, -0.15) is 11.3 Å². The summed E-state index contributed by atoms with van der Waals surface area (Å²) in [7, 11) is 0. The summed E-state index contributed by atoms with van der Waals surface area (Å²) in [6, 6.07) is 0. The molecule has 0 aliphatic rings. The van der Waals surface area contributed by atoms with E-state index in [2.05, 4.69) is 5.32 Å². The molecule has 0 fully saturated rings. The number of carboxylic acid groups (broad SMARTS) is 1. The topological polar surface area (TPSA) is 86.6 Å². The van der Waals surface area contributed by atoms with Crippen molar-refractivity contribution >= 4 is 23.2 Å². The Hall–Kier alpha value is -1.40. The first kappa shape index (κ1) is 12.7. The van der Waals surface area contributed by atoms with E-state index in [1.54, 1.807) is 12.3 Å². The van der Waals surface area contributed by atoms with E-state index < -0.39 is 11.6 Å². The highest BCUT2D eigenvalue weighted by Gasteiger charge is 2.30. The Labute approximate surface area is 96.7 Å². The number of hydrogen-bond acceptors (Lipinski definition) is 4. The van der Waals surface area contributed by atoms with Crippen LogP contribution >= 0.6 is 11.3 Å². The molecule has 0 spiro atoms. The van der Waals surface area contributed by atoms with E-state index >= 15 is 0 Å². The van der Waals surface area contributed by atoms with Crippen LogP contribution in [-0.4, -0.2) is 34.2 Å². The summed E-state index contributed by atoms with van der Waals surface area (Å²) in [6.07, 6.45) is 0. The van der Waals surface area contributed by atoms with E-state index in [-0.39, 0.29) is 12.5 Å². The Balaban J connectivity index is 2.61. The monoisotopic (exact) mass is 243 g/mol. The van der Waals surface area contributed by atoms with Gasteiger partial charge < -0.3 is 15.5 Å². The third-order valence-corrected chi connectivity index (χ3v) is 3.02. The predicted octanol–water partition coefficient (Wildman–Crippen LogP) is 0.622. The van der Waals surface area contributed by atoms with Crippen LogP contribution in [-0.2, 0) is 4.79 Å². The molecule has 3 N–H and O–H groups in total. The van der Waals surface area contributed by atoms with E-state index in [1.165, 1.54) is 11.3 Å². The van der Waals surface area contributed by atoms with Gasteiger partial charge in [-0.05, 0) is 24.8 Å². The zero-order valence-electron chi connectivity index (χ0n) is 8.98. The van der Waals surface area contributed by atoms with Crippen molar-refractivity contribution in [2.24, 2.45) is 0 Å². The number of aliphatic hydroxyl groups is 1. The van der Waals surface area contributed by atoms with Crippen LogP contribution in [0.15, 0.2) is 10.8 Å². The molecule has 1 aromatic rings. The number of amides is 1. The summed E-state index contributed by atoms with van der Waals surface area (Å²) in [5.74, 6) is -1.74. The summed E-state index contributed by atoms with van der Waals surface area (Å²) in [6.45, 7) is 2.60. The molecule has 0 saturated heterocycles. The standard InChI is InChI=1S/C10H13NO4S/c1-6-3-16-4-7(6)8(12)11-5-10(2,15)9(13)14/h3-4,15H,5H2,1-2H3,(H,11,12)(H,13,14). The molecule has 0 aliphatic heterocycles. The molecular weight excluding hydrogens is 230 g/mol. The van der Waals surface area contributed by atoms with Crippen molar-refractivity contribution in [3.8, 4) is 0 Å². The van der Waals surface area contributed by atoms with E-state index in [4.69, 9.17) is 5.11 Å². The first-order valence-corrected chi connectivity index (χ1v) is 5.55. The number of nitrogens with one attached hydrogen (secondary N) is 1. The molecule has 1 heterocycles. The van der Waals surface area contributed by atoms with Gasteiger partial charge >= 0.3 is 5.97 Å². The molecule has 88 valence electrons. The van der Waals surface area contributed by atoms with Gasteiger partial charge in [-0.3, -0.25) is 4.79 Å². The number of aryl methyl sites for hydroxylation is 1. The van der Waals surface area contributed by atoms with Crippen LogP contribution in [0.25, 0.3) is 0 Å². The van der Waals surface area contributed by atoms with Crippen molar-refractivity contribution in [1.29, 1.82) is 0 Å². The van der Waals surface area contributed by atoms with E-state index in [1.807, 2.05) is 5.38 Å². The maximum atomic E-state index is 11.6. The summed E-state index contributed by atoms with van der Waals surface area (Å²) < 4.78 is 0. The van der Waals surface area contributed by atoms with Gasteiger partial charge in [0.25, 0.3) is 5.91 Å². The molecule has 5 nitrogen and oxygen atoms in total. The molecule has 1 amide bonds. The van der Waals surface area contributed by atoms with Crippen molar-refractivity contribution in [2.75, 3.05) is 6.54 Å². The van der Waals surface area contributed by atoms with E-state index in [0.29, 0.717) is 5.56 Å². The van der Waals surface area contributed by atoms with Crippen molar-refractivity contribution in [2.45, 2.75) is 19.4 Å². The predicted molar refractivity (Wildman–Crippen MR) is 59.6 cm³/mol. The minimum atomic E-state index is -1.94. The maximum Gasteiger partial charge on any atom is 0.337 e. The van der Waals surface area contributed by atoms with Gasteiger partial charge in [0, 0.05) is 5.38 Å². The van der Waals surface area contributed by atoms with Crippen LogP contribution in [0, 0.1) is 6.92 Å². The molecule has 0 aliphatic carbocycles. The van der Waals surface area contributed by atoms with Crippen LogP contribution in [0.5, 0.6) is 0 Å². The highest BCUT2D eigenvalue weighted by molar-refractivity contribution is 7.08. The van der Waals surface area contributed by atoms with Gasteiger partial charge in [-0.1, -0.05) is 0 Å². The zero-order valence-corrected chi connectivity index (χ0v) is 9.80. The second-order valence-corrected chi connectivity index (χ2v) is 4.47. The van der Waals surface area contributed by atoms with Crippen LogP contribution in [0.2, 0.25) is 0 Å². The van der Waals surface area contributed by atoms with E-state index in [9.17, 15) is 14.7 Å². The molecular formula is C10H13NO4S. The van der Waals surface area contributed by atoms with E-state index in [0.717, 1.165) is 12.5 Å².